The minimum absolute atomic E-state index is 0.00274. The Morgan fingerprint density at radius 3 is 2.22 bits per heavy atom. The highest BCUT2D eigenvalue weighted by molar-refractivity contribution is 6.99. The molecule has 0 N–H and O–H groups in total. The number of anilines is 5. The molecule has 280 valence electrons. The number of rotatable bonds is 3. The van der Waals surface area contributed by atoms with Crippen LogP contribution in [-0.2, 0) is 10.8 Å². The highest BCUT2D eigenvalue weighted by Gasteiger charge is 2.51. The third-order valence-electron chi connectivity index (χ3n) is 13.1. The lowest BCUT2D eigenvalue weighted by molar-refractivity contribution is 0.325. The molecule has 0 spiro atoms. The topological polar surface area (TPSA) is 19.6 Å². The fourth-order valence-corrected chi connectivity index (χ4v) is 9.89. The van der Waals surface area contributed by atoms with Crippen LogP contribution in [0.5, 0.6) is 0 Å². The molecule has 0 amide bonds. The first kappa shape index (κ1) is 36.0. The maximum absolute atomic E-state index is 7.53. The number of nitrogens with zero attached hydrogens (tertiary/aromatic N) is 2. The SMILES string of the molecule is Cc1cc2c3c(c1)N(C1C=CC(C(C)(C)C)=CC1)c1ccc(C(C)(C)C)cc1B3c1oc3c(c1N2c1cc(-c2ccccc2)ccc1C)C(C)CCC3(C)C. The molecule has 2 atom stereocenters. The van der Waals surface area contributed by atoms with Gasteiger partial charge in [-0.05, 0) is 118 Å². The summed E-state index contributed by atoms with van der Waals surface area (Å²) in [5, 5.41) is 0. The van der Waals surface area contributed by atoms with E-state index in [0.717, 1.165) is 24.9 Å². The van der Waals surface area contributed by atoms with Crippen LogP contribution >= 0.6 is 0 Å². The Morgan fingerprint density at radius 2 is 1.53 bits per heavy atom. The van der Waals surface area contributed by atoms with Gasteiger partial charge in [0.05, 0.1) is 17.4 Å². The first-order valence-electron chi connectivity index (χ1n) is 20.6. The second-order valence-electron chi connectivity index (χ2n) is 19.7. The maximum Gasteiger partial charge on any atom is 0.297 e. The zero-order valence-electron chi connectivity index (χ0n) is 34.9. The van der Waals surface area contributed by atoms with E-state index >= 15 is 0 Å². The molecule has 4 aromatic carbocycles. The second kappa shape index (κ2) is 12.4. The van der Waals surface area contributed by atoms with Crippen molar-refractivity contribution in [2.75, 3.05) is 9.80 Å². The van der Waals surface area contributed by atoms with Crippen molar-refractivity contribution in [3.05, 3.63) is 131 Å². The Bertz CT molecular complexity index is 2410. The normalized spacial score (nSPS) is 19.8. The van der Waals surface area contributed by atoms with Crippen molar-refractivity contribution in [1.29, 1.82) is 0 Å². The van der Waals surface area contributed by atoms with Gasteiger partial charge in [0.1, 0.15) is 5.76 Å². The Hall–Kier alpha value is -4.70. The summed E-state index contributed by atoms with van der Waals surface area (Å²) < 4.78 is 7.53. The molecule has 0 bridgehead atoms. The molecule has 0 saturated heterocycles. The third kappa shape index (κ3) is 5.69. The monoisotopic (exact) mass is 724 g/mol. The Kier molecular flexibility index (Phi) is 8.11. The van der Waals surface area contributed by atoms with Crippen molar-refractivity contribution in [2.24, 2.45) is 5.41 Å². The van der Waals surface area contributed by atoms with Gasteiger partial charge in [-0.1, -0.05) is 135 Å². The molecule has 0 radical (unpaired) electrons. The van der Waals surface area contributed by atoms with E-state index in [9.17, 15) is 0 Å². The van der Waals surface area contributed by atoms with Gasteiger partial charge in [0.2, 0.25) is 0 Å². The number of hydrogen-bond acceptors (Lipinski definition) is 3. The third-order valence-corrected chi connectivity index (χ3v) is 13.1. The van der Waals surface area contributed by atoms with E-state index in [1.165, 1.54) is 84.1 Å². The molecule has 4 heteroatoms. The first-order valence-corrected chi connectivity index (χ1v) is 20.6. The minimum Gasteiger partial charge on any atom is -0.472 e. The van der Waals surface area contributed by atoms with Crippen LogP contribution in [0, 0.1) is 19.3 Å². The van der Waals surface area contributed by atoms with Crippen molar-refractivity contribution in [1.82, 2.24) is 0 Å². The van der Waals surface area contributed by atoms with Crippen LogP contribution in [0.2, 0.25) is 0 Å². The molecule has 0 fully saturated rings. The van der Waals surface area contributed by atoms with E-state index in [-0.39, 0.29) is 29.0 Å². The summed E-state index contributed by atoms with van der Waals surface area (Å²) in [6.45, 7) is 25.7. The van der Waals surface area contributed by atoms with Crippen molar-refractivity contribution < 1.29 is 4.42 Å². The standard InChI is InChI=1S/C51H57BN2O/c1-31-27-42-45-43(28-31)54(41-29-35(18-17-32(41)2)34-15-13-12-14-16-34)46-44-33(3)25-26-51(10,11)47(44)55-48(46)52(45)39-30-37(50(7,8)9)21-24-40(39)53(42)38-22-19-36(20-23-38)49(4,5)6/h12-22,24,27-30,33,38H,23,25-26H2,1-11H3. The Balaban J connectivity index is 1.37. The largest absolute Gasteiger partial charge is 0.472 e. The molecule has 3 nitrogen and oxygen atoms in total. The van der Waals surface area contributed by atoms with Crippen LogP contribution < -0.4 is 26.4 Å². The molecule has 4 aliphatic rings. The summed E-state index contributed by atoms with van der Waals surface area (Å²) in [6.07, 6.45) is 10.6. The number of allylic oxidation sites excluding steroid dienone is 2. The van der Waals surface area contributed by atoms with Gasteiger partial charge in [-0.3, -0.25) is 0 Å². The van der Waals surface area contributed by atoms with Crippen LogP contribution in [0.1, 0.15) is 116 Å². The van der Waals surface area contributed by atoms with Crippen LogP contribution in [0.4, 0.5) is 28.4 Å². The number of benzene rings is 4. The lowest BCUT2D eigenvalue weighted by Crippen LogP contribution is -2.62. The maximum atomic E-state index is 7.53. The molecular weight excluding hydrogens is 667 g/mol. The zero-order chi connectivity index (χ0) is 38.8. The predicted octanol–water partition coefficient (Wildman–Crippen LogP) is 12.1. The van der Waals surface area contributed by atoms with Gasteiger partial charge in [0.15, 0.2) is 0 Å². The highest BCUT2D eigenvalue weighted by atomic mass is 16.3. The van der Waals surface area contributed by atoms with Gasteiger partial charge in [-0.2, -0.15) is 0 Å². The summed E-state index contributed by atoms with van der Waals surface area (Å²) in [7, 11) is 0. The summed E-state index contributed by atoms with van der Waals surface area (Å²) >= 11 is 0. The van der Waals surface area contributed by atoms with Crippen molar-refractivity contribution >= 4 is 51.7 Å². The summed E-state index contributed by atoms with van der Waals surface area (Å²) in [5.41, 5.74) is 19.4. The lowest BCUT2D eigenvalue weighted by Gasteiger charge is -2.46. The van der Waals surface area contributed by atoms with E-state index in [1.54, 1.807) is 0 Å². The minimum atomic E-state index is -0.0580. The molecule has 55 heavy (non-hydrogen) atoms. The molecule has 9 rings (SSSR count). The molecule has 1 aromatic heterocycles. The highest BCUT2D eigenvalue weighted by Crippen LogP contribution is 2.53. The van der Waals surface area contributed by atoms with Gasteiger partial charge in [-0.25, -0.2) is 0 Å². The van der Waals surface area contributed by atoms with Crippen molar-refractivity contribution in [2.45, 2.75) is 118 Å². The molecule has 5 aromatic rings. The quantitative estimate of drug-likeness (QED) is 0.169. The summed E-state index contributed by atoms with van der Waals surface area (Å²) in [6, 6.07) is 30.3. The fraction of sp³-hybridized carbons (Fsp3) is 0.373. The molecule has 2 aliphatic carbocycles. The average Bonchev–Trinajstić information content (AvgIpc) is 3.55. The van der Waals surface area contributed by atoms with Crippen LogP contribution in [-0.4, -0.2) is 12.8 Å². The van der Waals surface area contributed by atoms with Crippen LogP contribution in [0.15, 0.2) is 107 Å². The van der Waals surface area contributed by atoms with Crippen LogP contribution in [0.3, 0.4) is 0 Å². The van der Waals surface area contributed by atoms with E-state index in [2.05, 4.69) is 183 Å². The van der Waals surface area contributed by atoms with Gasteiger partial charge >= 0.3 is 0 Å². The van der Waals surface area contributed by atoms with E-state index in [4.69, 9.17) is 4.42 Å². The number of hydrogen-bond donors (Lipinski definition) is 0. The predicted molar refractivity (Wildman–Crippen MR) is 236 cm³/mol. The molecule has 3 heterocycles. The van der Waals surface area contributed by atoms with Crippen LogP contribution in [0.25, 0.3) is 11.1 Å². The van der Waals surface area contributed by atoms with E-state index < -0.39 is 0 Å². The van der Waals surface area contributed by atoms with E-state index in [0.29, 0.717) is 5.92 Å². The number of aryl methyl sites for hydroxylation is 2. The van der Waals surface area contributed by atoms with Gasteiger partial charge in [-0.15, -0.1) is 0 Å². The fourth-order valence-electron chi connectivity index (χ4n) is 9.89. The molecule has 2 aliphatic heterocycles. The molecular formula is C51H57BN2O. The average molecular weight is 725 g/mol. The first-order chi connectivity index (χ1) is 26.0. The van der Waals surface area contributed by atoms with E-state index in [1.807, 2.05) is 0 Å². The number of fused-ring (bicyclic) bond motifs is 6. The Labute approximate surface area is 330 Å². The van der Waals surface area contributed by atoms with Gasteiger partial charge in [0, 0.05) is 33.7 Å². The van der Waals surface area contributed by atoms with Gasteiger partial charge < -0.3 is 14.2 Å². The summed E-state index contributed by atoms with van der Waals surface area (Å²) in [4.78, 5) is 5.30. The molecule has 2 unspecified atom stereocenters. The number of furan rings is 1. The lowest BCUT2D eigenvalue weighted by atomic mass is 9.35. The Morgan fingerprint density at radius 1 is 0.782 bits per heavy atom. The van der Waals surface area contributed by atoms with Gasteiger partial charge in [0.25, 0.3) is 6.71 Å². The van der Waals surface area contributed by atoms with Crippen molar-refractivity contribution in [3.8, 4) is 11.1 Å². The van der Waals surface area contributed by atoms with Crippen molar-refractivity contribution in [3.63, 3.8) is 0 Å². The smallest absolute Gasteiger partial charge is 0.297 e. The molecule has 0 saturated carbocycles. The zero-order valence-corrected chi connectivity index (χ0v) is 34.9. The summed E-state index contributed by atoms with van der Waals surface area (Å²) in [5.74, 6) is 1.56. The second-order valence-corrected chi connectivity index (χ2v) is 19.7.